The summed E-state index contributed by atoms with van der Waals surface area (Å²) in [6, 6.07) is 1.90. The highest BCUT2D eigenvalue weighted by Gasteiger charge is 2.03. The van der Waals surface area contributed by atoms with Gasteiger partial charge in [0.2, 0.25) is 5.43 Å². The van der Waals surface area contributed by atoms with Gasteiger partial charge in [0, 0.05) is 30.5 Å². The minimum Gasteiger partial charge on any atom is -0.503 e. The smallest absolute Gasteiger partial charge is 0.223 e. The Morgan fingerprint density at radius 3 is 2.67 bits per heavy atom. The van der Waals surface area contributed by atoms with Crippen LogP contribution in [0.3, 0.4) is 0 Å². The Morgan fingerprint density at radius 1 is 1.47 bits per heavy atom. The minimum atomic E-state index is -0.338. The predicted octanol–water partition coefficient (Wildman–Crippen LogP) is 1.36. The molecule has 1 aromatic rings. The van der Waals surface area contributed by atoms with Crippen LogP contribution in [0.2, 0.25) is 0 Å². The SMILES string of the molecule is CCC(CC)NCc1cc(=O)c(O)c[nH]1. The van der Waals surface area contributed by atoms with Crippen molar-refractivity contribution in [1.29, 1.82) is 0 Å². The van der Waals surface area contributed by atoms with E-state index in [1.54, 1.807) is 0 Å². The maximum atomic E-state index is 11.1. The predicted molar refractivity (Wildman–Crippen MR) is 59.9 cm³/mol. The highest BCUT2D eigenvalue weighted by Crippen LogP contribution is 2.01. The molecule has 0 saturated carbocycles. The Kier molecular flexibility index (Phi) is 4.37. The zero-order valence-electron chi connectivity index (χ0n) is 9.21. The Morgan fingerprint density at radius 2 is 2.13 bits per heavy atom. The molecule has 0 amide bonds. The molecule has 0 aliphatic rings. The van der Waals surface area contributed by atoms with Gasteiger partial charge in [0.15, 0.2) is 5.75 Å². The molecule has 84 valence electrons. The van der Waals surface area contributed by atoms with Crippen LogP contribution in [0.15, 0.2) is 17.1 Å². The first-order chi connectivity index (χ1) is 7.17. The van der Waals surface area contributed by atoms with Crippen LogP contribution in [-0.4, -0.2) is 16.1 Å². The number of nitrogens with one attached hydrogen (secondary N) is 2. The molecule has 0 fully saturated rings. The van der Waals surface area contributed by atoms with Crippen LogP contribution in [0.4, 0.5) is 0 Å². The van der Waals surface area contributed by atoms with E-state index in [4.69, 9.17) is 5.11 Å². The summed E-state index contributed by atoms with van der Waals surface area (Å²) in [6.07, 6.45) is 3.46. The van der Waals surface area contributed by atoms with Crippen LogP contribution < -0.4 is 10.7 Å². The molecule has 0 spiro atoms. The van der Waals surface area contributed by atoms with Gasteiger partial charge in [-0.15, -0.1) is 0 Å². The van der Waals surface area contributed by atoms with Crippen molar-refractivity contribution in [2.75, 3.05) is 0 Å². The third-order valence-corrected chi connectivity index (χ3v) is 2.52. The summed E-state index contributed by atoms with van der Waals surface area (Å²) < 4.78 is 0. The van der Waals surface area contributed by atoms with E-state index < -0.39 is 0 Å². The summed E-state index contributed by atoms with van der Waals surface area (Å²) in [6.45, 7) is 4.88. The van der Waals surface area contributed by atoms with Crippen LogP contribution in [-0.2, 0) is 6.54 Å². The lowest BCUT2D eigenvalue weighted by atomic mass is 10.1. The third kappa shape index (κ3) is 3.40. The molecular formula is C11H18N2O2. The number of aromatic nitrogens is 1. The topological polar surface area (TPSA) is 65.1 Å². The third-order valence-electron chi connectivity index (χ3n) is 2.52. The molecule has 0 unspecified atom stereocenters. The highest BCUT2D eigenvalue weighted by molar-refractivity contribution is 5.18. The van der Waals surface area contributed by atoms with Gasteiger partial charge in [-0.3, -0.25) is 4.79 Å². The maximum absolute atomic E-state index is 11.1. The first-order valence-corrected chi connectivity index (χ1v) is 5.31. The lowest BCUT2D eigenvalue weighted by Crippen LogP contribution is -2.27. The van der Waals surface area contributed by atoms with E-state index in [-0.39, 0.29) is 11.2 Å². The highest BCUT2D eigenvalue weighted by atomic mass is 16.3. The molecule has 1 rings (SSSR count). The van der Waals surface area contributed by atoms with Crippen LogP contribution in [0.25, 0.3) is 0 Å². The van der Waals surface area contributed by atoms with Crippen molar-refractivity contribution < 1.29 is 5.11 Å². The number of aromatic amines is 1. The fourth-order valence-corrected chi connectivity index (χ4v) is 1.44. The summed E-state index contributed by atoms with van der Waals surface area (Å²) >= 11 is 0. The van der Waals surface area contributed by atoms with Crippen molar-refractivity contribution in [3.05, 3.63) is 28.2 Å². The molecule has 15 heavy (non-hydrogen) atoms. The van der Waals surface area contributed by atoms with E-state index in [0.717, 1.165) is 18.5 Å². The van der Waals surface area contributed by atoms with Gasteiger partial charge in [-0.25, -0.2) is 0 Å². The second-order valence-corrected chi connectivity index (χ2v) is 3.60. The molecular weight excluding hydrogens is 192 g/mol. The molecule has 0 aliphatic heterocycles. The lowest BCUT2D eigenvalue weighted by Gasteiger charge is -2.14. The van der Waals surface area contributed by atoms with Gasteiger partial charge in [-0.1, -0.05) is 13.8 Å². The quantitative estimate of drug-likeness (QED) is 0.687. The Hall–Kier alpha value is -1.29. The maximum Gasteiger partial charge on any atom is 0.223 e. The minimum absolute atomic E-state index is 0.235. The van der Waals surface area contributed by atoms with Gasteiger partial charge >= 0.3 is 0 Å². The second kappa shape index (κ2) is 5.56. The van der Waals surface area contributed by atoms with E-state index in [9.17, 15) is 4.79 Å². The average Bonchev–Trinajstić information content (AvgIpc) is 2.24. The van der Waals surface area contributed by atoms with E-state index in [2.05, 4.69) is 24.1 Å². The van der Waals surface area contributed by atoms with E-state index in [1.165, 1.54) is 12.3 Å². The van der Waals surface area contributed by atoms with Crippen LogP contribution in [0.5, 0.6) is 5.75 Å². The van der Waals surface area contributed by atoms with Gasteiger partial charge in [0.25, 0.3) is 0 Å². The molecule has 1 aromatic heterocycles. The largest absolute Gasteiger partial charge is 0.503 e. The van der Waals surface area contributed by atoms with Gasteiger partial charge < -0.3 is 15.4 Å². The lowest BCUT2D eigenvalue weighted by molar-refractivity contribution is 0.462. The van der Waals surface area contributed by atoms with E-state index >= 15 is 0 Å². The van der Waals surface area contributed by atoms with Crippen molar-refractivity contribution in [1.82, 2.24) is 10.3 Å². The first kappa shape index (κ1) is 11.8. The first-order valence-electron chi connectivity index (χ1n) is 5.31. The molecule has 0 bridgehead atoms. The zero-order chi connectivity index (χ0) is 11.3. The standard InChI is InChI=1S/C11H18N2O2/c1-3-8(4-2)12-6-9-5-10(14)11(15)7-13-9/h5,7-8,12,15H,3-4,6H2,1-2H3,(H,13,14). The number of hydrogen-bond donors (Lipinski definition) is 3. The molecule has 0 radical (unpaired) electrons. The van der Waals surface area contributed by atoms with E-state index in [1.807, 2.05) is 0 Å². The molecule has 0 saturated heterocycles. The van der Waals surface area contributed by atoms with Crippen molar-refractivity contribution in [3.8, 4) is 5.75 Å². The number of rotatable bonds is 5. The van der Waals surface area contributed by atoms with E-state index in [0.29, 0.717) is 12.6 Å². The van der Waals surface area contributed by atoms with Crippen LogP contribution in [0.1, 0.15) is 32.4 Å². The van der Waals surface area contributed by atoms with Gasteiger partial charge in [0.1, 0.15) is 0 Å². The van der Waals surface area contributed by atoms with Crippen LogP contribution >= 0.6 is 0 Å². The zero-order valence-corrected chi connectivity index (χ0v) is 9.21. The Labute approximate surface area is 89.3 Å². The molecule has 1 heterocycles. The Balaban J connectivity index is 2.58. The molecule has 0 atom stereocenters. The monoisotopic (exact) mass is 210 g/mol. The van der Waals surface area contributed by atoms with Gasteiger partial charge in [0.05, 0.1) is 0 Å². The Bertz CT molecular complexity index is 356. The fourth-order valence-electron chi connectivity index (χ4n) is 1.44. The molecule has 0 aromatic carbocycles. The summed E-state index contributed by atoms with van der Waals surface area (Å²) in [7, 11) is 0. The summed E-state index contributed by atoms with van der Waals surface area (Å²) in [5.74, 6) is -0.235. The van der Waals surface area contributed by atoms with Gasteiger partial charge in [-0.2, -0.15) is 0 Å². The molecule has 0 aliphatic carbocycles. The van der Waals surface area contributed by atoms with Crippen molar-refractivity contribution in [2.45, 2.75) is 39.3 Å². The number of H-pyrrole nitrogens is 1. The summed E-state index contributed by atoms with van der Waals surface area (Å²) in [5, 5.41) is 12.4. The number of hydrogen-bond acceptors (Lipinski definition) is 3. The summed E-state index contributed by atoms with van der Waals surface area (Å²) in [4.78, 5) is 14.0. The van der Waals surface area contributed by atoms with Crippen molar-refractivity contribution in [2.24, 2.45) is 0 Å². The van der Waals surface area contributed by atoms with Gasteiger partial charge in [-0.05, 0) is 12.8 Å². The molecule has 4 heteroatoms. The number of pyridine rings is 1. The number of aromatic hydroxyl groups is 1. The molecule has 4 nitrogen and oxygen atoms in total. The average molecular weight is 210 g/mol. The summed E-state index contributed by atoms with van der Waals surface area (Å²) in [5.41, 5.74) is 0.458. The second-order valence-electron chi connectivity index (χ2n) is 3.60. The van der Waals surface area contributed by atoms with Crippen LogP contribution in [0, 0.1) is 0 Å². The van der Waals surface area contributed by atoms with Crippen molar-refractivity contribution >= 4 is 0 Å². The van der Waals surface area contributed by atoms with Crippen molar-refractivity contribution in [3.63, 3.8) is 0 Å². The normalized spacial score (nSPS) is 10.9. The molecule has 3 N–H and O–H groups in total. The fraction of sp³-hybridized carbons (Fsp3) is 0.545.